The maximum Gasteiger partial charge on any atom is 0.277 e. The fraction of sp³-hybridized carbons (Fsp3) is 0. The van der Waals surface area contributed by atoms with Crippen LogP contribution in [0.15, 0.2) is 12.6 Å². The van der Waals surface area contributed by atoms with E-state index in [9.17, 15) is 4.39 Å². The van der Waals surface area contributed by atoms with E-state index in [-0.39, 0.29) is 0 Å². The largest absolute Gasteiger partial charge is 0.390 e. The van der Waals surface area contributed by atoms with Crippen LogP contribution in [-0.2, 0) is 3.83 Å². The van der Waals surface area contributed by atoms with Crippen molar-refractivity contribution in [3.8, 4) is 0 Å². The predicted molar refractivity (Wildman–Crippen MR) is 20.3 cm³/mol. The van der Waals surface area contributed by atoms with Crippen molar-refractivity contribution in [2.45, 2.75) is 0 Å². The summed E-state index contributed by atoms with van der Waals surface area (Å²) in [5.41, 5.74) is 0. The third-order valence-corrected chi connectivity index (χ3v) is 0.435. The first-order chi connectivity index (χ1) is 2.27. The smallest absolute Gasteiger partial charge is 0.277 e. The summed E-state index contributed by atoms with van der Waals surface area (Å²) in [4.78, 5) is 0. The van der Waals surface area contributed by atoms with Crippen LogP contribution < -0.4 is 0 Å². The van der Waals surface area contributed by atoms with Gasteiger partial charge in [0.15, 0.2) is 16.3 Å². The Bertz CT molecular complexity index is 44.9. The van der Waals surface area contributed by atoms with Crippen LogP contribution in [0.3, 0.4) is 0 Å². The van der Waals surface area contributed by atoms with Gasteiger partial charge in [-0.3, -0.25) is 0 Å². The SMILES string of the molecule is C=C(F)OBr. The summed E-state index contributed by atoms with van der Waals surface area (Å²) in [5, 5.41) is 0. The van der Waals surface area contributed by atoms with E-state index in [1.54, 1.807) is 0 Å². The molecule has 1 nitrogen and oxygen atoms in total. The van der Waals surface area contributed by atoms with Gasteiger partial charge in [0.05, 0.1) is 0 Å². The molecule has 0 aliphatic carbocycles. The van der Waals surface area contributed by atoms with E-state index < -0.39 is 6.01 Å². The molecule has 0 atom stereocenters. The molecule has 0 amide bonds. The van der Waals surface area contributed by atoms with E-state index in [0.717, 1.165) is 0 Å². The highest BCUT2D eigenvalue weighted by Crippen LogP contribution is 1.96. The van der Waals surface area contributed by atoms with Crippen LogP contribution in [0.25, 0.3) is 0 Å². The monoisotopic (exact) mass is 140 g/mol. The van der Waals surface area contributed by atoms with Crippen molar-refractivity contribution in [2.24, 2.45) is 0 Å². The van der Waals surface area contributed by atoms with Gasteiger partial charge in [0.1, 0.15) is 0 Å². The highest BCUT2D eigenvalue weighted by Gasteiger charge is 1.75. The van der Waals surface area contributed by atoms with Crippen LogP contribution in [0.1, 0.15) is 0 Å². The molecule has 5 heavy (non-hydrogen) atoms. The third kappa shape index (κ3) is 3.95. The molecule has 0 fully saturated rings. The molecule has 30 valence electrons. The summed E-state index contributed by atoms with van der Waals surface area (Å²) in [6, 6.07) is -0.829. The van der Waals surface area contributed by atoms with Crippen molar-refractivity contribution >= 4 is 16.3 Å². The van der Waals surface area contributed by atoms with Crippen LogP contribution in [0.2, 0.25) is 0 Å². The third-order valence-electron chi connectivity index (χ3n) is 0.0837. The molecule has 0 heterocycles. The Balaban J connectivity index is 2.85. The summed E-state index contributed by atoms with van der Waals surface area (Å²) in [7, 11) is 0. The summed E-state index contributed by atoms with van der Waals surface area (Å²) in [6.45, 7) is 2.74. The van der Waals surface area contributed by atoms with Gasteiger partial charge in [-0.1, -0.05) is 0 Å². The second-order valence-corrected chi connectivity index (χ2v) is 0.756. The van der Waals surface area contributed by atoms with Crippen LogP contribution in [0.4, 0.5) is 4.39 Å². The predicted octanol–water partition coefficient (Wildman–Crippen LogP) is 1.75. The van der Waals surface area contributed by atoms with Crippen molar-refractivity contribution in [2.75, 3.05) is 0 Å². The molecule has 0 aliphatic heterocycles. The standard InChI is InChI=1S/C2H2BrFO/c1-2(4)5-3/h1H2. The minimum atomic E-state index is -0.829. The summed E-state index contributed by atoms with van der Waals surface area (Å²) >= 11 is 2.34. The molecule has 0 aromatic rings. The Morgan fingerprint density at radius 2 is 2.20 bits per heavy atom. The molecule has 0 spiro atoms. The molecule has 0 rings (SSSR count). The first kappa shape index (κ1) is 4.95. The number of rotatable bonds is 1. The van der Waals surface area contributed by atoms with E-state index in [2.05, 4.69) is 26.7 Å². The van der Waals surface area contributed by atoms with Gasteiger partial charge in [0.25, 0.3) is 6.01 Å². The minimum absolute atomic E-state index is 0.829. The fourth-order valence-corrected chi connectivity index (χ4v) is 0. The average molecular weight is 141 g/mol. The molecule has 0 aliphatic rings. The van der Waals surface area contributed by atoms with Crippen molar-refractivity contribution in [3.05, 3.63) is 12.6 Å². The summed E-state index contributed by atoms with van der Waals surface area (Å²) < 4.78 is 14.7. The molecule has 0 unspecified atom stereocenters. The highest BCUT2D eigenvalue weighted by molar-refractivity contribution is 9.06. The normalized spacial score (nSPS) is 6.80. The van der Waals surface area contributed by atoms with Crippen LogP contribution in [0, 0.1) is 0 Å². The molecule has 0 N–H and O–H groups in total. The Hall–Kier alpha value is -0.0500. The van der Waals surface area contributed by atoms with Gasteiger partial charge >= 0.3 is 0 Å². The highest BCUT2D eigenvalue weighted by atomic mass is 79.9. The lowest BCUT2D eigenvalue weighted by Crippen LogP contribution is -1.56. The van der Waals surface area contributed by atoms with Crippen LogP contribution in [-0.4, -0.2) is 0 Å². The second-order valence-electron chi connectivity index (χ2n) is 0.432. The van der Waals surface area contributed by atoms with Gasteiger partial charge < -0.3 is 3.83 Å². The van der Waals surface area contributed by atoms with Crippen molar-refractivity contribution in [1.29, 1.82) is 0 Å². The van der Waals surface area contributed by atoms with Gasteiger partial charge in [-0.15, -0.1) is 0 Å². The van der Waals surface area contributed by atoms with Gasteiger partial charge in [-0.2, -0.15) is 4.39 Å². The maximum absolute atomic E-state index is 11.0. The van der Waals surface area contributed by atoms with E-state index in [1.807, 2.05) is 0 Å². The minimum Gasteiger partial charge on any atom is -0.390 e. The zero-order chi connectivity index (χ0) is 4.28. The number of hydrogen-bond donors (Lipinski definition) is 0. The quantitative estimate of drug-likeness (QED) is 0.505. The molecule has 0 radical (unpaired) electrons. The first-order valence-electron chi connectivity index (χ1n) is 0.901. The van der Waals surface area contributed by atoms with E-state index in [4.69, 9.17) is 0 Å². The molecule has 0 saturated heterocycles. The average Bonchev–Trinajstić information content (AvgIpc) is 1.38. The van der Waals surface area contributed by atoms with Crippen molar-refractivity contribution in [1.82, 2.24) is 0 Å². The Kier molecular flexibility index (Phi) is 2.18. The van der Waals surface area contributed by atoms with E-state index in [1.165, 1.54) is 0 Å². The van der Waals surface area contributed by atoms with E-state index >= 15 is 0 Å². The van der Waals surface area contributed by atoms with Crippen molar-refractivity contribution in [3.63, 3.8) is 0 Å². The molecule has 0 bridgehead atoms. The number of hydrogen-bond acceptors (Lipinski definition) is 1. The molecule has 0 aromatic carbocycles. The molecule has 3 heteroatoms. The van der Waals surface area contributed by atoms with Gasteiger partial charge in [-0.25, -0.2) is 0 Å². The molecular formula is C2H2BrFO. The number of halogens is 2. The van der Waals surface area contributed by atoms with E-state index in [0.29, 0.717) is 0 Å². The Morgan fingerprint density at radius 1 is 2.00 bits per heavy atom. The Labute approximate surface area is 37.9 Å². The second kappa shape index (κ2) is 2.20. The Morgan fingerprint density at radius 3 is 2.20 bits per heavy atom. The van der Waals surface area contributed by atoms with Crippen LogP contribution in [0.5, 0.6) is 0 Å². The lowest BCUT2D eigenvalue weighted by Gasteiger charge is -1.77. The molecular weight excluding hydrogens is 139 g/mol. The fourth-order valence-electron chi connectivity index (χ4n) is 0. The first-order valence-corrected chi connectivity index (χ1v) is 1.55. The molecule has 0 saturated carbocycles. The van der Waals surface area contributed by atoms with Gasteiger partial charge in [0, 0.05) is 0 Å². The summed E-state index contributed by atoms with van der Waals surface area (Å²) in [6.07, 6.45) is 0. The summed E-state index contributed by atoms with van der Waals surface area (Å²) in [5.74, 6) is 0. The topological polar surface area (TPSA) is 9.23 Å². The lowest BCUT2D eigenvalue weighted by molar-refractivity contribution is 0.363. The van der Waals surface area contributed by atoms with Gasteiger partial charge in [-0.05, 0) is 6.58 Å². The lowest BCUT2D eigenvalue weighted by atomic mass is 11.1. The zero-order valence-electron chi connectivity index (χ0n) is 2.37. The molecule has 0 aromatic heterocycles. The van der Waals surface area contributed by atoms with Gasteiger partial charge in [0.2, 0.25) is 0 Å². The van der Waals surface area contributed by atoms with Crippen LogP contribution >= 0.6 is 16.3 Å². The zero-order valence-corrected chi connectivity index (χ0v) is 3.96. The maximum atomic E-state index is 11.0. The van der Waals surface area contributed by atoms with Crippen molar-refractivity contribution < 1.29 is 8.22 Å².